The molecule has 0 aromatic heterocycles. The summed E-state index contributed by atoms with van der Waals surface area (Å²) in [4.78, 5) is 35.3. The number of hydrogen-bond donors (Lipinski definition) is 4. The molecule has 0 aliphatic rings. The maximum atomic E-state index is 12.7. The number of unbranched alkanes of at least 4 members (excludes halogenated alkanes) is 24. The van der Waals surface area contributed by atoms with Gasteiger partial charge in [-0.25, -0.2) is 4.57 Å². The molecule has 0 fully saturated rings. The maximum Gasteiger partial charge on any atom is 0.472 e. The van der Waals surface area contributed by atoms with E-state index in [9.17, 15) is 29.3 Å². The average Bonchev–Trinajstić information content (AvgIpc) is 3.15. The standard InChI is InChI=1S/C41H81O12P/c1-3-5-7-9-11-13-15-17-19-21-23-25-27-29-40(45)50-35-39(36-52-54(47,48)51-34-38(44)33-49-32-37(43)31-42)53-41(46)30-28-26-24-22-20-18-16-14-12-10-8-6-4-2/h37-39,42-44H,3-36H2,1-2H3,(H,47,48)/t37-,38-,39+/m0/s1. The van der Waals surface area contributed by atoms with Gasteiger partial charge >= 0.3 is 19.8 Å². The van der Waals surface area contributed by atoms with Crippen molar-refractivity contribution < 1.29 is 57.6 Å². The number of ether oxygens (including phenoxy) is 3. The van der Waals surface area contributed by atoms with Gasteiger partial charge in [0.05, 0.1) is 33.0 Å². The first-order valence-electron chi connectivity index (χ1n) is 21.6. The van der Waals surface area contributed by atoms with Crippen molar-refractivity contribution in [1.82, 2.24) is 0 Å². The van der Waals surface area contributed by atoms with Crippen molar-refractivity contribution in [3.8, 4) is 0 Å². The second-order valence-corrected chi connectivity index (χ2v) is 16.3. The lowest BCUT2D eigenvalue weighted by Gasteiger charge is -2.20. The van der Waals surface area contributed by atoms with Gasteiger partial charge in [-0.05, 0) is 12.8 Å². The molecule has 0 saturated carbocycles. The SMILES string of the molecule is CCCCCCCCCCCCCCCC(=O)OC[C@H](COP(=O)(O)OC[C@@H](O)COC[C@@H](O)CO)OC(=O)CCCCCCCCCCCCCCC. The molecule has 322 valence electrons. The molecule has 0 bridgehead atoms. The summed E-state index contributed by atoms with van der Waals surface area (Å²) in [5.41, 5.74) is 0. The van der Waals surface area contributed by atoms with Gasteiger partial charge in [-0.3, -0.25) is 18.6 Å². The Morgan fingerprint density at radius 2 is 0.870 bits per heavy atom. The fraction of sp³-hybridized carbons (Fsp3) is 0.951. The highest BCUT2D eigenvalue weighted by molar-refractivity contribution is 7.47. The molecule has 13 heteroatoms. The Bertz CT molecular complexity index is 892. The number of esters is 2. The number of carbonyl (C=O) groups is 2. The second kappa shape index (κ2) is 38.7. The van der Waals surface area contributed by atoms with Crippen LogP contribution < -0.4 is 0 Å². The predicted molar refractivity (Wildman–Crippen MR) is 213 cm³/mol. The Morgan fingerprint density at radius 1 is 0.500 bits per heavy atom. The molecular weight excluding hydrogens is 715 g/mol. The molecule has 4 atom stereocenters. The molecule has 0 heterocycles. The largest absolute Gasteiger partial charge is 0.472 e. The number of phosphoric ester groups is 1. The zero-order valence-electron chi connectivity index (χ0n) is 34.3. The highest BCUT2D eigenvalue weighted by Gasteiger charge is 2.27. The van der Waals surface area contributed by atoms with Crippen LogP contribution in [0.15, 0.2) is 0 Å². The van der Waals surface area contributed by atoms with Crippen LogP contribution in [0.5, 0.6) is 0 Å². The number of phosphoric acid groups is 1. The van der Waals surface area contributed by atoms with Crippen LogP contribution in [0.1, 0.15) is 194 Å². The Balaban J connectivity index is 4.52. The van der Waals surface area contributed by atoms with Crippen molar-refractivity contribution in [3.05, 3.63) is 0 Å². The van der Waals surface area contributed by atoms with E-state index in [4.69, 9.17) is 28.4 Å². The third-order valence-corrected chi connectivity index (χ3v) is 10.3. The van der Waals surface area contributed by atoms with Crippen LogP contribution in [0.2, 0.25) is 0 Å². The number of rotatable bonds is 42. The van der Waals surface area contributed by atoms with Gasteiger partial charge in [0, 0.05) is 12.8 Å². The van der Waals surface area contributed by atoms with Gasteiger partial charge in [0.2, 0.25) is 0 Å². The smallest absolute Gasteiger partial charge is 0.462 e. The van der Waals surface area contributed by atoms with E-state index in [2.05, 4.69) is 13.8 Å². The molecular formula is C41H81O12P. The molecule has 0 aliphatic heterocycles. The molecule has 0 aromatic carbocycles. The summed E-state index contributed by atoms with van der Waals surface area (Å²) < 4.78 is 38.2. The van der Waals surface area contributed by atoms with E-state index in [0.29, 0.717) is 12.8 Å². The van der Waals surface area contributed by atoms with Crippen LogP contribution in [0, 0.1) is 0 Å². The van der Waals surface area contributed by atoms with Crippen molar-refractivity contribution >= 4 is 19.8 Å². The summed E-state index contributed by atoms with van der Waals surface area (Å²) in [6, 6.07) is 0. The molecule has 12 nitrogen and oxygen atoms in total. The highest BCUT2D eigenvalue weighted by atomic mass is 31.2. The van der Waals surface area contributed by atoms with Crippen molar-refractivity contribution in [3.63, 3.8) is 0 Å². The molecule has 0 rings (SSSR count). The van der Waals surface area contributed by atoms with Gasteiger partial charge in [-0.2, -0.15) is 0 Å². The van der Waals surface area contributed by atoms with E-state index in [1.807, 2.05) is 0 Å². The van der Waals surface area contributed by atoms with Crippen molar-refractivity contribution in [2.75, 3.05) is 39.6 Å². The van der Waals surface area contributed by atoms with E-state index in [-0.39, 0.29) is 32.7 Å². The van der Waals surface area contributed by atoms with E-state index >= 15 is 0 Å². The lowest BCUT2D eigenvalue weighted by molar-refractivity contribution is -0.161. The topological polar surface area (TPSA) is 178 Å². The second-order valence-electron chi connectivity index (χ2n) is 14.9. The first-order chi connectivity index (χ1) is 26.1. The summed E-state index contributed by atoms with van der Waals surface area (Å²) in [5, 5.41) is 28.1. The molecule has 54 heavy (non-hydrogen) atoms. The Labute approximate surface area is 328 Å². The minimum absolute atomic E-state index is 0.172. The first-order valence-corrected chi connectivity index (χ1v) is 23.1. The lowest BCUT2D eigenvalue weighted by Crippen LogP contribution is -2.30. The van der Waals surface area contributed by atoms with E-state index in [0.717, 1.165) is 38.5 Å². The van der Waals surface area contributed by atoms with Gasteiger partial charge in [-0.15, -0.1) is 0 Å². The zero-order chi connectivity index (χ0) is 40.0. The van der Waals surface area contributed by atoms with E-state index in [1.54, 1.807) is 0 Å². The van der Waals surface area contributed by atoms with Crippen LogP contribution in [0.3, 0.4) is 0 Å². The van der Waals surface area contributed by atoms with Crippen molar-refractivity contribution in [1.29, 1.82) is 0 Å². The van der Waals surface area contributed by atoms with Gasteiger partial charge in [0.15, 0.2) is 6.10 Å². The maximum absolute atomic E-state index is 12.7. The summed E-state index contributed by atoms with van der Waals surface area (Å²) in [5.74, 6) is -0.945. The summed E-state index contributed by atoms with van der Waals surface area (Å²) in [6.07, 6.45) is 27.8. The quantitative estimate of drug-likeness (QED) is 0.0262. The molecule has 4 N–H and O–H groups in total. The van der Waals surface area contributed by atoms with Crippen LogP contribution >= 0.6 is 7.82 Å². The van der Waals surface area contributed by atoms with Crippen LogP contribution in [-0.4, -0.2) is 90.1 Å². The molecule has 0 aromatic rings. The van der Waals surface area contributed by atoms with Crippen molar-refractivity contribution in [2.45, 2.75) is 212 Å². The average molecular weight is 797 g/mol. The minimum Gasteiger partial charge on any atom is -0.462 e. The Hall–Kier alpha value is -1.11. The molecule has 0 spiro atoms. The van der Waals surface area contributed by atoms with Crippen LogP contribution in [0.4, 0.5) is 0 Å². The number of aliphatic hydroxyl groups is 3. The highest BCUT2D eigenvalue weighted by Crippen LogP contribution is 2.43. The summed E-state index contributed by atoms with van der Waals surface area (Å²) in [7, 11) is -4.68. The third-order valence-electron chi connectivity index (χ3n) is 9.38. The molecule has 1 unspecified atom stereocenters. The minimum atomic E-state index is -4.68. The van der Waals surface area contributed by atoms with Gasteiger partial charge < -0.3 is 34.4 Å². The normalized spacial score (nSPS) is 14.4. The van der Waals surface area contributed by atoms with Gasteiger partial charge in [0.1, 0.15) is 18.8 Å². The number of aliphatic hydroxyl groups excluding tert-OH is 3. The fourth-order valence-corrected chi connectivity index (χ4v) is 6.82. The van der Waals surface area contributed by atoms with E-state index in [1.165, 1.54) is 116 Å². The molecule has 0 radical (unpaired) electrons. The van der Waals surface area contributed by atoms with Gasteiger partial charge in [-0.1, -0.05) is 168 Å². The Morgan fingerprint density at radius 3 is 1.30 bits per heavy atom. The molecule has 0 amide bonds. The van der Waals surface area contributed by atoms with Crippen LogP contribution in [-0.2, 0) is 37.4 Å². The Kier molecular flexibility index (Phi) is 38.0. The zero-order valence-corrected chi connectivity index (χ0v) is 35.2. The third kappa shape index (κ3) is 37.8. The van der Waals surface area contributed by atoms with Crippen LogP contribution in [0.25, 0.3) is 0 Å². The lowest BCUT2D eigenvalue weighted by atomic mass is 10.0. The fourth-order valence-electron chi connectivity index (χ4n) is 6.03. The van der Waals surface area contributed by atoms with Crippen molar-refractivity contribution in [2.24, 2.45) is 0 Å². The molecule has 0 aliphatic carbocycles. The molecule has 0 saturated heterocycles. The predicted octanol–water partition coefficient (Wildman–Crippen LogP) is 9.27. The first kappa shape index (κ1) is 52.9. The number of carbonyl (C=O) groups excluding carboxylic acids is 2. The number of hydrogen-bond acceptors (Lipinski definition) is 11. The van der Waals surface area contributed by atoms with E-state index < -0.39 is 57.9 Å². The monoisotopic (exact) mass is 797 g/mol. The summed E-state index contributed by atoms with van der Waals surface area (Å²) >= 11 is 0. The van der Waals surface area contributed by atoms with Gasteiger partial charge in [0.25, 0.3) is 0 Å². The summed E-state index contributed by atoms with van der Waals surface area (Å²) in [6.45, 7) is 1.92.